The first kappa shape index (κ1) is 15.6. The molecule has 0 N–H and O–H groups in total. The molecular weight excluding hydrogens is 324 g/mol. The van der Waals surface area contributed by atoms with Gasteiger partial charge in [-0.3, -0.25) is 9.69 Å². The number of carbonyl (C=O) groups is 1. The lowest BCUT2D eigenvalue weighted by Crippen LogP contribution is -2.58. The molecule has 5 rings (SSSR count). The summed E-state index contributed by atoms with van der Waals surface area (Å²) in [5.41, 5.74) is 5.11. The lowest BCUT2D eigenvalue weighted by Gasteiger charge is -2.56. The molecule has 26 heavy (non-hydrogen) atoms. The minimum atomic E-state index is -0.163. The Morgan fingerprint density at radius 1 is 1.04 bits per heavy atom. The molecule has 2 aliphatic rings. The third-order valence-electron chi connectivity index (χ3n) is 6.17. The molecule has 1 aromatic heterocycles. The van der Waals surface area contributed by atoms with Gasteiger partial charge in [-0.15, -0.1) is 0 Å². The number of para-hydroxylation sites is 1. The van der Waals surface area contributed by atoms with E-state index in [4.69, 9.17) is 4.74 Å². The van der Waals surface area contributed by atoms with Crippen LogP contribution in [0.15, 0.2) is 54.6 Å². The van der Waals surface area contributed by atoms with Crippen molar-refractivity contribution in [3.05, 3.63) is 71.4 Å². The molecule has 0 bridgehead atoms. The van der Waals surface area contributed by atoms with Gasteiger partial charge in [0.1, 0.15) is 0 Å². The Hall–Kier alpha value is -2.59. The summed E-state index contributed by atoms with van der Waals surface area (Å²) in [5.74, 6) is -0.275. The van der Waals surface area contributed by atoms with Gasteiger partial charge in [-0.25, -0.2) is 0 Å². The number of hydrogen-bond acceptors (Lipinski definition) is 3. The van der Waals surface area contributed by atoms with Gasteiger partial charge in [0.2, 0.25) is 0 Å². The lowest BCUT2D eigenvalue weighted by molar-refractivity contribution is -0.168. The van der Waals surface area contributed by atoms with Gasteiger partial charge in [0.05, 0.1) is 25.1 Å². The SMILES string of the molecule is COC(=O)[C@H]1[C@@H](c2ccccc2)N2CCc3c(n(C)c4ccccc34)[C@H]12. The van der Waals surface area contributed by atoms with Crippen LogP contribution in [0, 0.1) is 5.92 Å². The molecular formula is C22H22N2O2. The summed E-state index contributed by atoms with van der Waals surface area (Å²) in [6, 6.07) is 19.1. The summed E-state index contributed by atoms with van der Waals surface area (Å²) in [5, 5.41) is 1.32. The van der Waals surface area contributed by atoms with Crippen LogP contribution in [-0.2, 0) is 23.0 Å². The van der Waals surface area contributed by atoms with Gasteiger partial charge in [-0.05, 0) is 23.6 Å². The molecule has 132 valence electrons. The number of carbonyl (C=O) groups excluding carboxylic acids is 1. The molecule has 4 heteroatoms. The molecule has 3 aromatic rings. The van der Waals surface area contributed by atoms with Crippen molar-refractivity contribution in [1.29, 1.82) is 0 Å². The van der Waals surface area contributed by atoms with Crippen LogP contribution in [0.1, 0.15) is 28.9 Å². The maximum atomic E-state index is 12.7. The first-order chi connectivity index (χ1) is 12.7. The Morgan fingerprint density at radius 3 is 2.54 bits per heavy atom. The minimum absolute atomic E-state index is 0.0915. The fourth-order valence-corrected chi connectivity index (χ4v) is 5.08. The second-order valence-corrected chi connectivity index (χ2v) is 7.28. The number of esters is 1. The first-order valence-corrected chi connectivity index (χ1v) is 9.17. The smallest absolute Gasteiger partial charge is 0.312 e. The van der Waals surface area contributed by atoms with Crippen LogP contribution in [-0.4, -0.2) is 29.1 Å². The Balaban J connectivity index is 1.66. The molecule has 4 nitrogen and oxygen atoms in total. The van der Waals surface area contributed by atoms with Crippen molar-refractivity contribution in [2.45, 2.75) is 18.5 Å². The van der Waals surface area contributed by atoms with Crippen molar-refractivity contribution < 1.29 is 9.53 Å². The molecule has 2 aromatic carbocycles. The van der Waals surface area contributed by atoms with Gasteiger partial charge < -0.3 is 9.30 Å². The van der Waals surface area contributed by atoms with E-state index < -0.39 is 0 Å². The second-order valence-electron chi connectivity index (χ2n) is 7.28. The van der Waals surface area contributed by atoms with Crippen LogP contribution in [0.5, 0.6) is 0 Å². The number of aromatic nitrogens is 1. The normalized spacial score (nSPS) is 24.6. The van der Waals surface area contributed by atoms with Crippen molar-refractivity contribution in [1.82, 2.24) is 9.47 Å². The molecule has 0 spiro atoms. The fourth-order valence-electron chi connectivity index (χ4n) is 5.08. The zero-order valence-electron chi connectivity index (χ0n) is 15.1. The van der Waals surface area contributed by atoms with Gasteiger partial charge in [0.15, 0.2) is 0 Å². The molecule has 2 aliphatic heterocycles. The summed E-state index contributed by atoms with van der Waals surface area (Å²) in [7, 11) is 3.62. The Bertz CT molecular complexity index is 992. The van der Waals surface area contributed by atoms with Crippen molar-refractivity contribution in [2.24, 2.45) is 13.0 Å². The van der Waals surface area contributed by atoms with E-state index >= 15 is 0 Å². The van der Waals surface area contributed by atoms with Crippen LogP contribution in [0.4, 0.5) is 0 Å². The molecule has 0 amide bonds. The highest BCUT2D eigenvalue weighted by Gasteiger charge is 2.57. The third kappa shape index (κ3) is 1.96. The number of nitrogens with zero attached hydrogens (tertiary/aromatic N) is 2. The summed E-state index contributed by atoms with van der Waals surface area (Å²) >= 11 is 0. The number of methoxy groups -OCH3 is 1. The standard InChI is InChI=1S/C22H22N2O2/c1-23-17-11-7-6-10-15(17)16-12-13-24-19(14-8-4-3-5-9-14)18(22(25)26-2)21(24)20(16)23/h3-11,18-19,21H,12-13H2,1-2H3/t18-,19+,21-/m0/s1. The molecule has 0 unspecified atom stereocenters. The Kier molecular flexibility index (Phi) is 3.44. The van der Waals surface area contributed by atoms with E-state index in [-0.39, 0.29) is 24.0 Å². The van der Waals surface area contributed by atoms with Crippen LogP contribution >= 0.6 is 0 Å². The van der Waals surface area contributed by atoms with E-state index in [0.29, 0.717) is 0 Å². The summed E-state index contributed by atoms with van der Waals surface area (Å²) in [6.45, 7) is 0.971. The van der Waals surface area contributed by atoms with E-state index in [1.165, 1.54) is 34.8 Å². The third-order valence-corrected chi connectivity index (χ3v) is 6.17. The second kappa shape index (κ2) is 5.71. The number of aryl methyl sites for hydroxylation is 1. The lowest BCUT2D eigenvalue weighted by atomic mass is 9.71. The number of hydrogen-bond donors (Lipinski definition) is 0. The van der Waals surface area contributed by atoms with E-state index in [1.807, 2.05) is 18.2 Å². The van der Waals surface area contributed by atoms with Gasteiger partial charge in [0, 0.05) is 30.2 Å². The number of fused-ring (bicyclic) bond motifs is 5. The minimum Gasteiger partial charge on any atom is -0.469 e. The predicted octanol–water partition coefficient (Wildman–Crippen LogP) is 3.62. The Morgan fingerprint density at radius 2 is 1.77 bits per heavy atom. The number of ether oxygens (including phenoxy) is 1. The largest absolute Gasteiger partial charge is 0.469 e. The topological polar surface area (TPSA) is 34.5 Å². The van der Waals surface area contributed by atoms with Crippen LogP contribution in [0.2, 0.25) is 0 Å². The van der Waals surface area contributed by atoms with E-state index in [2.05, 4.69) is 52.9 Å². The van der Waals surface area contributed by atoms with Crippen LogP contribution < -0.4 is 0 Å². The predicted molar refractivity (Wildman–Crippen MR) is 101 cm³/mol. The monoisotopic (exact) mass is 346 g/mol. The fraction of sp³-hybridized carbons (Fsp3) is 0.318. The van der Waals surface area contributed by atoms with Crippen molar-refractivity contribution in [3.8, 4) is 0 Å². The average Bonchev–Trinajstić information content (AvgIpc) is 2.95. The number of benzene rings is 2. The Labute approximate surface area is 153 Å². The van der Waals surface area contributed by atoms with Crippen molar-refractivity contribution >= 4 is 16.9 Å². The van der Waals surface area contributed by atoms with Crippen LogP contribution in [0.25, 0.3) is 10.9 Å². The van der Waals surface area contributed by atoms with Gasteiger partial charge in [0.25, 0.3) is 0 Å². The van der Waals surface area contributed by atoms with E-state index in [1.54, 1.807) is 0 Å². The van der Waals surface area contributed by atoms with Gasteiger partial charge in [-0.2, -0.15) is 0 Å². The molecule has 0 saturated carbocycles. The van der Waals surface area contributed by atoms with Gasteiger partial charge >= 0.3 is 5.97 Å². The number of rotatable bonds is 2. The van der Waals surface area contributed by atoms with Crippen molar-refractivity contribution in [3.63, 3.8) is 0 Å². The highest BCUT2D eigenvalue weighted by molar-refractivity contribution is 5.87. The quantitative estimate of drug-likeness (QED) is 0.665. The highest BCUT2D eigenvalue weighted by Crippen LogP contribution is 2.56. The molecule has 3 atom stereocenters. The summed E-state index contributed by atoms with van der Waals surface area (Å²) in [4.78, 5) is 15.2. The molecule has 3 heterocycles. The maximum absolute atomic E-state index is 12.7. The zero-order chi connectivity index (χ0) is 17.8. The van der Waals surface area contributed by atoms with Crippen LogP contribution in [0.3, 0.4) is 0 Å². The highest BCUT2D eigenvalue weighted by atomic mass is 16.5. The van der Waals surface area contributed by atoms with E-state index in [0.717, 1.165) is 13.0 Å². The average molecular weight is 346 g/mol. The first-order valence-electron chi connectivity index (χ1n) is 9.17. The maximum Gasteiger partial charge on any atom is 0.312 e. The summed E-state index contributed by atoms with van der Waals surface area (Å²) < 4.78 is 7.49. The molecule has 1 fully saturated rings. The van der Waals surface area contributed by atoms with Gasteiger partial charge in [-0.1, -0.05) is 48.5 Å². The molecule has 0 radical (unpaired) electrons. The molecule has 0 aliphatic carbocycles. The van der Waals surface area contributed by atoms with Crippen molar-refractivity contribution in [2.75, 3.05) is 13.7 Å². The summed E-state index contributed by atoms with van der Waals surface area (Å²) in [6.07, 6.45) is 1.02. The molecule has 1 saturated heterocycles. The van der Waals surface area contributed by atoms with E-state index in [9.17, 15) is 4.79 Å². The zero-order valence-corrected chi connectivity index (χ0v) is 15.1.